The lowest BCUT2D eigenvalue weighted by Crippen LogP contribution is -2.46. The lowest BCUT2D eigenvalue weighted by Gasteiger charge is -2.41. The Hall–Kier alpha value is -0.820. The van der Waals surface area contributed by atoms with E-state index >= 15 is 0 Å². The number of nitrogens with one attached hydrogen (secondary N) is 1. The van der Waals surface area contributed by atoms with Gasteiger partial charge in [0.15, 0.2) is 0 Å². The van der Waals surface area contributed by atoms with E-state index in [0.717, 1.165) is 12.0 Å². The predicted molar refractivity (Wildman–Crippen MR) is 90.6 cm³/mol. The van der Waals surface area contributed by atoms with E-state index in [9.17, 15) is 0 Å². The first-order chi connectivity index (χ1) is 10.1. The first-order valence-electron chi connectivity index (χ1n) is 8.95. The SMILES string of the molecule is CC1(C)CCCC(NC2CCCCC2c2ccccc2)C1. The normalized spacial score (nSPS) is 32.8. The first-order valence-corrected chi connectivity index (χ1v) is 8.95. The van der Waals surface area contributed by atoms with Crippen molar-refractivity contribution in [1.82, 2.24) is 5.32 Å². The fourth-order valence-corrected chi connectivity index (χ4v) is 4.57. The molecule has 21 heavy (non-hydrogen) atoms. The van der Waals surface area contributed by atoms with Gasteiger partial charge in [-0.05, 0) is 49.0 Å². The number of hydrogen-bond donors (Lipinski definition) is 1. The minimum absolute atomic E-state index is 0.535. The van der Waals surface area contributed by atoms with Crippen molar-refractivity contribution >= 4 is 0 Å². The molecule has 1 aromatic rings. The summed E-state index contributed by atoms with van der Waals surface area (Å²) in [5.74, 6) is 0.727. The Labute approximate surface area is 130 Å². The van der Waals surface area contributed by atoms with E-state index < -0.39 is 0 Å². The van der Waals surface area contributed by atoms with E-state index in [0.29, 0.717) is 11.5 Å². The van der Waals surface area contributed by atoms with Crippen molar-refractivity contribution < 1.29 is 0 Å². The van der Waals surface area contributed by atoms with Crippen LogP contribution in [0.1, 0.15) is 76.7 Å². The highest BCUT2D eigenvalue weighted by Crippen LogP contribution is 2.38. The molecule has 0 aliphatic heterocycles. The molecule has 116 valence electrons. The largest absolute Gasteiger partial charge is 0.311 e. The van der Waals surface area contributed by atoms with Crippen molar-refractivity contribution in [3.05, 3.63) is 35.9 Å². The van der Waals surface area contributed by atoms with Crippen molar-refractivity contribution in [2.75, 3.05) is 0 Å². The van der Waals surface area contributed by atoms with Crippen LogP contribution in [0.15, 0.2) is 30.3 Å². The molecule has 1 N–H and O–H groups in total. The maximum absolute atomic E-state index is 4.06. The van der Waals surface area contributed by atoms with Crippen LogP contribution in [0.25, 0.3) is 0 Å². The zero-order valence-electron chi connectivity index (χ0n) is 13.8. The second-order valence-electron chi connectivity index (χ2n) is 8.03. The van der Waals surface area contributed by atoms with Crippen molar-refractivity contribution in [2.24, 2.45) is 5.41 Å². The molecule has 0 aromatic heterocycles. The zero-order chi connectivity index (χ0) is 14.7. The summed E-state index contributed by atoms with van der Waals surface area (Å²) in [5.41, 5.74) is 2.08. The van der Waals surface area contributed by atoms with Gasteiger partial charge >= 0.3 is 0 Å². The maximum Gasteiger partial charge on any atom is 0.0138 e. The summed E-state index contributed by atoms with van der Waals surface area (Å²) in [6.07, 6.45) is 11.0. The molecule has 1 heteroatoms. The van der Waals surface area contributed by atoms with Crippen molar-refractivity contribution in [3.63, 3.8) is 0 Å². The standard InChI is InChI=1S/C20H31N/c1-20(2)14-8-11-17(15-20)21-19-13-7-6-12-18(19)16-9-4-3-5-10-16/h3-5,9-10,17-19,21H,6-8,11-15H2,1-2H3. The molecule has 2 saturated carbocycles. The van der Waals surface area contributed by atoms with Gasteiger partial charge in [0.1, 0.15) is 0 Å². The molecule has 1 aromatic carbocycles. The van der Waals surface area contributed by atoms with Gasteiger partial charge in [-0.25, -0.2) is 0 Å². The summed E-state index contributed by atoms with van der Waals surface area (Å²) in [7, 11) is 0. The molecular weight excluding hydrogens is 254 g/mol. The van der Waals surface area contributed by atoms with Crippen LogP contribution < -0.4 is 5.32 Å². The molecule has 2 aliphatic carbocycles. The highest BCUT2D eigenvalue weighted by molar-refractivity contribution is 5.22. The van der Waals surface area contributed by atoms with Crippen molar-refractivity contribution in [1.29, 1.82) is 0 Å². The molecule has 0 radical (unpaired) electrons. The van der Waals surface area contributed by atoms with Crippen LogP contribution in [0.4, 0.5) is 0 Å². The number of hydrogen-bond acceptors (Lipinski definition) is 1. The third kappa shape index (κ3) is 3.88. The molecule has 1 nitrogen and oxygen atoms in total. The molecule has 3 unspecified atom stereocenters. The molecule has 3 rings (SSSR count). The predicted octanol–water partition coefficient (Wildman–Crippen LogP) is 5.27. The maximum atomic E-state index is 4.06. The highest BCUT2D eigenvalue weighted by atomic mass is 15.0. The van der Waals surface area contributed by atoms with Crippen LogP contribution in [0.2, 0.25) is 0 Å². The fraction of sp³-hybridized carbons (Fsp3) is 0.700. The third-order valence-electron chi connectivity index (χ3n) is 5.65. The van der Waals surface area contributed by atoms with Gasteiger partial charge in [0.05, 0.1) is 0 Å². The van der Waals surface area contributed by atoms with E-state index in [2.05, 4.69) is 49.5 Å². The summed E-state index contributed by atoms with van der Waals surface area (Å²) in [5, 5.41) is 4.06. The molecule has 0 amide bonds. The lowest BCUT2D eigenvalue weighted by molar-refractivity contribution is 0.174. The molecule has 2 aliphatic rings. The van der Waals surface area contributed by atoms with Gasteiger partial charge in [0.2, 0.25) is 0 Å². The molecule has 0 heterocycles. The topological polar surface area (TPSA) is 12.0 Å². The Bertz CT molecular complexity index is 436. The number of rotatable bonds is 3. The Morgan fingerprint density at radius 2 is 1.71 bits per heavy atom. The van der Waals surface area contributed by atoms with Gasteiger partial charge in [0.25, 0.3) is 0 Å². The Kier molecular flexibility index (Phi) is 4.69. The van der Waals surface area contributed by atoms with E-state index in [1.807, 2.05) is 0 Å². The smallest absolute Gasteiger partial charge is 0.0138 e. The summed E-state index contributed by atoms with van der Waals surface area (Å²) in [6.45, 7) is 4.88. The van der Waals surface area contributed by atoms with Crippen LogP contribution in [0, 0.1) is 5.41 Å². The number of benzene rings is 1. The molecule has 2 fully saturated rings. The summed E-state index contributed by atoms with van der Waals surface area (Å²) >= 11 is 0. The zero-order valence-corrected chi connectivity index (χ0v) is 13.8. The van der Waals surface area contributed by atoms with Crippen LogP contribution >= 0.6 is 0 Å². The minimum Gasteiger partial charge on any atom is -0.311 e. The average molecular weight is 285 g/mol. The quantitative estimate of drug-likeness (QED) is 0.797. The average Bonchev–Trinajstić information content (AvgIpc) is 2.48. The van der Waals surface area contributed by atoms with Crippen LogP contribution in [0.5, 0.6) is 0 Å². The van der Waals surface area contributed by atoms with Gasteiger partial charge < -0.3 is 5.32 Å². The van der Waals surface area contributed by atoms with Gasteiger partial charge in [-0.2, -0.15) is 0 Å². The Morgan fingerprint density at radius 1 is 0.952 bits per heavy atom. The molecule has 0 saturated heterocycles. The molecule has 3 atom stereocenters. The highest BCUT2D eigenvalue weighted by Gasteiger charge is 2.32. The van der Waals surface area contributed by atoms with Gasteiger partial charge in [-0.15, -0.1) is 0 Å². The Morgan fingerprint density at radius 3 is 2.48 bits per heavy atom. The second kappa shape index (κ2) is 6.52. The van der Waals surface area contributed by atoms with E-state index in [-0.39, 0.29) is 0 Å². The second-order valence-corrected chi connectivity index (χ2v) is 8.03. The van der Waals surface area contributed by atoms with Crippen LogP contribution in [-0.2, 0) is 0 Å². The van der Waals surface area contributed by atoms with Gasteiger partial charge in [-0.1, -0.05) is 63.4 Å². The fourth-order valence-electron chi connectivity index (χ4n) is 4.57. The molecule has 0 spiro atoms. The third-order valence-corrected chi connectivity index (χ3v) is 5.65. The van der Waals surface area contributed by atoms with Gasteiger partial charge in [0, 0.05) is 12.1 Å². The monoisotopic (exact) mass is 285 g/mol. The summed E-state index contributed by atoms with van der Waals surface area (Å²) in [6, 6.07) is 12.6. The lowest BCUT2D eigenvalue weighted by atomic mass is 9.74. The minimum atomic E-state index is 0.535. The molecule has 0 bridgehead atoms. The van der Waals surface area contributed by atoms with Crippen molar-refractivity contribution in [2.45, 2.75) is 83.2 Å². The van der Waals surface area contributed by atoms with E-state index in [4.69, 9.17) is 0 Å². The summed E-state index contributed by atoms with van der Waals surface area (Å²) in [4.78, 5) is 0. The van der Waals surface area contributed by atoms with Crippen molar-refractivity contribution in [3.8, 4) is 0 Å². The van der Waals surface area contributed by atoms with Crippen LogP contribution in [0.3, 0.4) is 0 Å². The van der Waals surface area contributed by atoms with E-state index in [1.54, 1.807) is 5.56 Å². The first kappa shape index (κ1) is 15.1. The van der Waals surface area contributed by atoms with E-state index in [1.165, 1.54) is 51.4 Å². The van der Waals surface area contributed by atoms with Gasteiger partial charge in [-0.3, -0.25) is 0 Å². The Balaban J connectivity index is 1.67. The molecular formula is C20H31N. The summed E-state index contributed by atoms with van der Waals surface area (Å²) < 4.78 is 0. The van der Waals surface area contributed by atoms with Crippen LogP contribution in [-0.4, -0.2) is 12.1 Å².